The third-order valence-electron chi connectivity index (χ3n) is 2.77. The molecule has 0 fully saturated rings. The first-order valence-corrected chi connectivity index (χ1v) is 6.60. The van der Waals surface area contributed by atoms with Gasteiger partial charge in [-0.3, -0.25) is 4.79 Å². The maximum Gasteiger partial charge on any atom is 0.309 e. The molecule has 0 saturated heterocycles. The summed E-state index contributed by atoms with van der Waals surface area (Å²) in [5.41, 5.74) is 1.13. The van der Waals surface area contributed by atoms with Gasteiger partial charge in [0.15, 0.2) is 0 Å². The lowest BCUT2D eigenvalue weighted by Gasteiger charge is -2.16. The molecule has 2 aromatic rings. The number of thiazole rings is 1. The zero-order valence-corrected chi connectivity index (χ0v) is 11.2. The summed E-state index contributed by atoms with van der Waals surface area (Å²) in [6.07, 6.45) is 0.450. The first kappa shape index (κ1) is 12.8. The third kappa shape index (κ3) is 2.76. The van der Waals surface area contributed by atoms with E-state index in [0.717, 1.165) is 16.3 Å². The highest BCUT2D eigenvalue weighted by atomic mass is 32.1. The fourth-order valence-electron chi connectivity index (χ4n) is 1.63. The normalized spacial score (nSPS) is 11.4. The highest BCUT2D eigenvalue weighted by Gasteiger charge is 2.28. The van der Waals surface area contributed by atoms with Gasteiger partial charge in [0.05, 0.1) is 11.1 Å². The molecule has 1 aromatic heterocycles. The molecule has 4 heteroatoms. The van der Waals surface area contributed by atoms with Crippen molar-refractivity contribution in [2.45, 2.75) is 20.3 Å². The Morgan fingerprint density at radius 1 is 1.33 bits per heavy atom. The lowest BCUT2D eigenvalue weighted by molar-refractivity contribution is -0.146. The van der Waals surface area contributed by atoms with E-state index >= 15 is 0 Å². The molecule has 0 atom stereocenters. The minimum atomic E-state index is -0.795. The van der Waals surface area contributed by atoms with Crippen molar-refractivity contribution in [2.24, 2.45) is 5.41 Å². The summed E-state index contributed by atoms with van der Waals surface area (Å²) < 4.78 is 0. The highest BCUT2D eigenvalue weighted by Crippen LogP contribution is 2.27. The molecule has 0 aliphatic carbocycles. The summed E-state index contributed by atoms with van der Waals surface area (Å²) in [6, 6.07) is 9.91. The van der Waals surface area contributed by atoms with Crippen molar-refractivity contribution in [3.8, 4) is 10.6 Å². The van der Waals surface area contributed by atoms with Gasteiger partial charge in [0, 0.05) is 17.4 Å². The van der Waals surface area contributed by atoms with Crippen LogP contribution in [0.3, 0.4) is 0 Å². The van der Waals surface area contributed by atoms with E-state index in [4.69, 9.17) is 5.11 Å². The predicted molar refractivity (Wildman–Crippen MR) is 72.7 cm³/mol. The number of carbonyl (C=O) groups is 1. The van der Waals surface area contributed by atoms with Gasteiger partial charge in [-0.05, 0) is 13.8 Å². The Balaban J connectivity index is 2.19. The van der Waals surface area contributed by atoms with Gasteiger partial charge in [-0.25, -0.2) is 4.98 Å². The summed E-state index contributed by atoms with van der Waals surface area (Å²) in [5, 5.41) is 12.0. The second kappa shape index (κ2) is 4.90. The maximum absolute atomic E-state index is 11.1. The van der Waals surface area contributed by atoms with Crippen LogP contribution in [-0.2, 0) is 11.2 Å². The van der Waals surface area contributed by atoms with Crippen LogP contribution < -0.4 is 0 Å². The zero-order valence-electron chi connectivity index (χ0n) is 10.4. The molecule has 0 aliphatic heterocycles. The molecule has 18 heavy (non-hydrogen) atoms. The van der Waals surface area contributed by atoms with Gasteiger partial charge >= 0.3 is 5.97 Å². The van der Waals surface area contributed by atoms with Crippen LogP contribution in [0.4, 0.5) is 0 Å². The number of carboxylic acid groups (broad SMARTS) is 1. The summed E-state index contributed by atoms with van der Waals surface area (Å²) in [7, 11) is 0. The number of rotatable bonds is 4. The summed E-state index contributed by atoms with van der Waals surface area (Å²) in [4.78, 5) is 15.6. The quantitative estimate of drug-likeness (QED) is 0.917. The molecule has 94 valence electrons. The van der Waals surface area contributed by atoms with E-state index in [-0.39, 0.29) is 0 Å². The Morgan fingerprint density at radius 2 is 2.00 bits per heavy atom. The zero-order chi connectivity index (χ0) is 13.2. The monoisotopic (exact) mass is 261 g/mol. The van der Waals surface area contributed by atoms with E-state index in [0.29, 0.717) is 6.42 Å². The molecule has 0 unspecified atom stereocenters. The molecule has 0 aliphatic rings. The first-order valence-electron chi connectivity index (χ1n) is 5.72. The number of nitrogens with zero attached hydrogens (tertiary/aromatic N) is 1. The van der Waals surface area contributed by atoms with Gasteiger partial charge in [0.2, 0.25) is 0 Å². The van der Waals surface area contributed by atoms with Crippen molar-refractivity contribution in [1.29, 1.82) is 0 Å². The standard InChI is InChI=1S/C14H15NO2S/c1-14(2,13(16)17)8-11-9-18-12(15-11)10-6-4-3-5-7-10/h3-7,9H,8H2,1-2H3,(H,16,17). The Bertz CT molecular complexity index is 546. The van der Waals surface area contributed by atoms with E-state index in [1.54, 1.807) is 25.2 Å². The van der Waals surface area contributed by atoms with E-state index < -0.39 is 11.4 Å². The SMILES string of the molecule is CC(C)(Cc1csc(-c2ccccc2)n1)C(=O)O. The minimum absolute atomic E-state index is 0.450. The van der Waals surface area contributed by atoms with Crippen LogP contribution in [0.15, 0.2) is 35.7 Å². The summed E-state index contributed by atoms with van der Waals surface area (Å²) in [6.45, 7) is 3.44. The molecular formula is C14H15NO2S. The molecule has 0 saturated carbocycles. The van der Waals surface area contributed by atoms with Crippen molar-refractivity contribution in [2.75, 3.05) is 0 Å². The van der Waals surface area contributed by atoms with Crippen molar-refractivity contribution >= 4 is 17.3 Å². The number of aliphatic carboxylic acids is 1. The predicted octanol–water partition coefficient (Wildman–Crippen LogP) is 3.46. The van der Waals surface area contributed by atoms with Gasteiger partial charge in [0.1, 0.15) is 5.01 Å². The van der Waals surface area contributed by atoms with Crippen molar-refractivity contribution in [3.63, 3.8) is 0 Å². The van der Waals surface area contributed by atoms with Crippen molar-refractivity contribution in [1.82, 2.24) is 4.98 Å². The maximum atomic E-state index is 11.1. The van der Waals surface area contributed by atoms with Gasteiger partial charge < -0.3 is 5.11 Å². The number of hydrogen-bond acceptors (Lipinski definition) is 3. The topological polar surface area (TPSA) is 50.2 Å². The van der Waals surface area contributed by atoms with Crippen LogP contribution in [-0.4, -0.2) is 16.1 Å². The highest BCUT2D eigenvalue weighted by molar-refractivity contribution is 7.13. The van der Waals surface area contributed by atoms with Crippen LogP contribution >= 0.6 is 11.3 Å². The van der Waals surface area contributed by atoms with Gasteiger partial charge in [-0.2, -0.15) is 0 Å². The molecule has 0 amide bonds. The molecule has 3 nitrogen and oxygen atoms in total. The largest absolute Gasteiger partial charge is 0.481 e. The molecule has 2 rings (SSSR count). The minimum Gasteiger partial charge on any atom is -0.481 e. The molecular weight excluding hydrogens is 246 g/mol. The second-order valence-corrected chi connectivity index (χ2v) is 5.73. The fourth-order valence-corrected chi connectivity index (χ4v) is 2.46. The summed E-state index contributed by atoms with van der Waals surface area (Å²) >= 11 is 1.55. The van der Waals surface area contributed by atoms with Crippen LogP contribution in [0.25, 0.3) is 10.6 Å². The third-order valence-corrected chi connectivity index (χ3v) is 3.71. The van der Waals surface area contributed by atoms with Crippen LogP contribution in [0.2, 0.25) is 0 Å². The molecule has 0 radical (unpaired) electrons. The smallest absolute Gasteiger partial charge is 0.309 e. The number of benzene rings is 1. The van der Waals surface area contributed by atoms with E-state index in [2.05, 4.69) is 4.98 Å². The summed E-state index contributed by atoms with van der Waals surface area (Å²) in [5.74, 6) is -0.795. The van der Waals surface area contributed by atoms with E-state index in [9.17, 15) is 4.79 Å². The number of aromatic nitrogens is 1. The lowest BCUT2D eigenvalue weighted by atomic mass is 9.88. The van der Waals surface area contributed by atoms with E-state index in [1.165, 1.54) is 0 Å². The van der Waals surface area contributed by atoms with Crippen molar-refractivity contribution in [3.05, 3.63) is 41.4 Å². The Labute approximate surface area is 110 Å². The Hall–Kier alpha value is -1.68. The average Bonchev–Trinajstić information content (AvgIpc) is 2.78. The molecule has 1 aromatic carbocycles. The van der Waals surface area contributed by atoms with Crippen molar-refractivity contribution < 1.29 is 9.90 Å². The Morgan fingerprint density at radius 3 is 2.61 bits per heavy atom. The lowest BCUT2D eigenvalue weighted by Crippen LogP contribution is -2.26. The molecule has 1 heterocycles. The van der Waals surface area contributed by atoms with Crippen LogP contribution in [0, 0.1) is 5.41 Å². The second-order valence-electron chi connectivity index (χ2n) is 4.88. The van der Waals surface area contributed by atoms with Crippen LogP contribution in [0.5, 0.6) is 0 Å². The average molecular weight is 261 g/mol. The fraction of sp³-hybridized carbons (Fsp3) is 0.286. The van der Waals surface area contributed by atoms with Gasteiger partial charge in [0.25, 0.3) is 0 Å². The Kier molecular flexibility index (Phi) is 3.48. The van der Waals surface area contributed by atoms with Crippen LogP contribution in [0.1, 0.15) is 19.5 Å². The molecule has 0 spiro atoms. The van der Waals surface area contributed by atoms with Gasteiger partial charge in [-0.15, -0.1) is 11.3 Å². The molecule has 0 bridgehead atoms. The van der Waals surface area contributed by atoms with E-state index in [1.807, 2.05) is 35.7 Å². The molecule has 1 N–H and O–H groups in total. The first-order chi connectivity index (χ1) is 8.49. The number of hydrogen-bond donors (Lipinski definition) is 1. The van der Waals surface area contributed by atoms with Gasteiger partial charge in [-0.1, -0.05) is 30.3 Å². The number of carboxylic acids is 1.